The quantitative estimate of drug-likeness (QED) is 0.195. The van der Waals surface area contributed by atoms with Gasteiger partial charge in [-0.1, -0.05) is 0 Å². The van der Waals surface area contributed by atoms with Gasteiger partial charge in [0.1, 0.15) is 0 Å². The van der Waals surface area contributed by atoms with E-state index in [0.29, 0.717) is 0 Å². The standard InChI is InChI=1S/C34H26BrOP/c35-37(30-22-12-4-13-23-30,31-24-14-5-15-25-31)26-32(27-16-6-1-7-17-27)36-33(28-18-8-2-9-19-28)34(37)29-20-10-3-11-21-29/h1-26H. The Morgan fingerprint density at radius 2 is 0.811 bits per heavy atom. The Labute approximate surface area is 226 Å². The predicted molar refractivity (Wildman–Crippen MR) is 163 cm³/mol. The van der Waals surface area contributed by atoms with Crippen LogP contribution in [0.2, 0.25) is 0 Å². The number of hydrogen-bond acceptors (Lipinski definition) is 1. The number of benzene rings is 5. The van der Waals surface area contributed by atoms with Crippen molar-refractivity contribution in [2.24, 2.45) is 0 Å². The molecule has 5 aromatic carbocycles. The summed E-state index contributed by atoms with van der Waals surface area (Å²) in [7, 11) is 0. The molecule has 1 aliphatic rings. The van der Waals surface area contributed by atoms with Crippen molar-refractivity contribution in [3.63, 3.8) is 0 Å². The summed E-state index contributed by atoms with van der Waals surface area (Å²) in [6, 6.07) is 53.2. The van der Waals surface area contributed by atoms with Gasteiger partial charge in [0.25, 0.3) is 0 Å². The van der Waals surface area contributed by atoms with Crippen LogP contribution in [0.4, 0.5) is 0 Å². The molecule has 0 aromatic heterocycles. The first-order valence-electron chi connectivity index (χ1n) is 12.3. The predicted octanol–water partition coefficient (Wildman–Crippen LogP) is 9.06. The molecule has 0 unspecified atom stereocenters. The van der Waals surface area contributed by atoms with E-state index < -0.39 is 5.31 Å². The van der Waals surface area contributed by atoms with Crippen molar-refractivity contribution >= 4 is 48.2 Å². The van der Waals surface area contributed by atoms with Crippen LogP contribution in [0.3, 0.4) is 0 Å². The van der Waals surface area contributed by atoms with Gasteiger partial charge in [0, 0.05) is 0 Å². The third-order valence-corrected chi connectivity index (χ3v) is 15.7. The van der Waals surface area contributed by atoms with E-state index in [1.165, 1.54) is 10.6 Å². The van der Waals surface area contributed by atoms with Gasteiger partial charge in [-0.25, -0.2) is 0 Å². The molecule has 3 heteroatoms. The summed E-state index contributed by atoms with van der Waals surface area (Å²) in [5, 5.41) is 0.191. The van der Waals surface area contributed by atoms with Crippen LogP contribution >= 0.6 is 20.8 Å². The molecule has 0 spiro atoms. The Kier molecular flexibility index (Phi) is 6.16. The molecular formula is C34H26BrOP. The Balaban J connectivity index is 1.83. The summed E-state index contributed by atoms with van der Waals surface area (Å²) in [6.45, 7) is 0. The molecule has 1 aliphatic heterocycles. The van der Waals surface area contributed by atoms with Crippen molar-refractivity contribution < 1.29 is 4.74 Å². The van der Waals surface area contributed by atoms with Gasteiger partial charge in [-0.2, -0.15) is 0 Å². The van der Waals surface area contributed by atoms with Crippen molar-refractivity contribution in [1.82, 2.24) is 0 Å². The van der Waals surface area contributed by atoms with Gasteiger partial charge in [0.15, 0.2) is 0 Å². The molecule has 0 radical (unpaired) electrons. The first kappa shape index (κ1) is 23.7. The van der Waals surface area contributed by atoms with Crippen LogP contribution in [0, 0.1) is 0 Å². The molecule has 37 heavy (non-hydrogen) atoms. The van der Waals surface area contributed by atoms with E-state index in [-0.39, 0.29) is 0 Å². The average molecular weight is 561 g/mol. The molecular weight excluding hydrogens is 535 g/mol. The van der Waals surface area contributed by atoms with Crippen LogP contribution < -0.4 is 10.6 Å². The third-order valence-electron chi connectivity index (χ3n) is 6.89. The van der Waals surface area contributed by atoms with Crippen molar-refractivity contribution in [3.05, 3.63) is 174 Å². The zero-order valence-corrected chi connectivity index (χ0v) is 22.7. The molecule has 0 bridgehead atoms. The fourth-order valence-electron chi connectivity index (χ4n) is 5.16. The van der Waals surface area contributed by atoms with Gasteiger partial charge >= 0.3 is 227 Å². The molecule has 0 saturated heterocycles. The molecule has 0 amide bonds. The second kappa shape index (κ2) is 9.63. The SMILES string of the molecule is BrP1(c2ccccc2)(c2ccccc2)C=C(c2ccccc2)OC(c2ccccc2)=C1c1ccccc1. The van der Waals surface area contributed by atoms with E-state index >= 15 is 0 Å². The molecule has 5 aromatic rings. The average Bonchev–Trinajstić information content (AvgIpc) is 2.99. The first-order chi connectivity index (χ1) is 18.2. The van der Waals surface area contributed by atoms with E-state index in [9.17, 15) is 0 Å². The van der Waals surface area contributed by atoms with Crippen LogP contribution in [0.1, 0.15) is 16.7 Å². The molecule has 180 valence electrons. The van der Waals surface area contributed by atoms with Gasteiger partial charge in [-0.15, -0.1) is 0 Å². The molecule has 1 heterocycles. The third kappa shape index (κ3) is 3.98. The second-order valence-corrected chi connectivity index (χ2v) is 17.4. The summed E-state index contributed by atoms with van der Waals surface area (Å²) < 4.78 is 6.93. The summed E-state index contributed by atoms with van der Waals surface area (Å²) in [5.74, 6) is 4.09. The summed E-state index contributed by atoms with van der Waals surface area (Å²) in [6.07, 6.45) is 0. The molecule has 0 aliphatic carbocycles. The summed E-state index contributed by atoms with van der Waals surface area (Å²) in [5.41, 5.74) is 3.22. The maximum absolute atomic E-state index is 6.93. The van der Waals surface area contributed by atoms with Crippen molar-refractivity contribution in [1.29, 1.82) is 0 Å². The minimum atomic E-state index is -3.42. The van der Waals surface area contributed by atoms with Gasteiger partial charge in [-0.05, 0) is 0 Å². The van der Waals surface area contributed by atoms with Crippen molar-refractivity contribution in [3.8, 4) is 0 Å². The Morgan fingerprint density at radius 1 is 0.432 bits per heavy atom. The number of halogens is 1. The molecule has 0 N–H and O–H groups in total. The topological polar surface area (TPSA) is 9.23 Å². The van der Waals surface area contributed by atoms with Gasteiger partial charge in [0.2, 0.25) is 0 Å². The number of hydrogen-bond donors (Lipinski definition) is 0. The van der Waals surface area contributed by atoms with E-state index in [1.807, 2.05) is 12.1 Å². The van der Waals surface area contributed by atoms with Crippen molar-refractivity contribution in [2.45, 2.75) is 0 Å². The fraction of sp³-hybridized carbons (Fsp3) is 0. The van der Waals surface area contributed by atoms with Crippen molar-refractivity contribution in [2.75, 3.05) is 0 Å². The van der Waals surface area contributed by atoms with Crippen LogP contribution in [0.25, 0.3) is 16.8 Å². The van der Waals surface area contributed by atoms with E-state index in [1.54, 1.807) is 0 Å². The normalized spacial score (nSPS) is 17.1. The number of rotatable bonds is 5. The minimum absolute atomic E-state index is 0.849. The maximum atomic E-state index is 6.93. The molecule has 6 rings (SSSR count). The van der Waals surface area contributed by atoms with Gasteiger partial charge < -0.3 is 0 Å². The summed E-state index contributed by atoms with van der Waals surface area (Å²) >= 11 is 4.61. The zero-order valence-electron chi connectivity index (χ0n) is 20.2. The van der Waals surface area contributed by atoms with E-state index in [0.717, 1.165) is 33.5 Å². The number of ether oxygens (including phenoxy) is 1. The van der Waals surface area contributed by atoms with Crippen LogP contribution in [0.15, 0.2) is 157 Å². The zero-order chi connectivity index (χ0) is 25.2. The van der Waals surface area contributed by atoms with E-state index in [4.69, 9.17) is 4.74 Å². The monoisotopic (exact) mass is 560 g/mol. The van der Waals surface area contributed by atoms with Gasteiger partial charge in [0.05, 0.1) is 0 Å². The molecule has 1 nitrogen and oxygen atoms in total. The van der Waals surface area contributed by atoms with Crippen LogP contribution in [-0.2, 0) is 4.74 Å². The van der Waals surface area contributed by atoms with Crippen LogP contribution in [-0.4, -0.2) is 0 Å². The Bertz CT molecular complexity index is 1540. The molecule has 0 saturated carbocycles. The van der Waals surface area contributed by atoms with Gasteiger partial charge in [-0.3, -0.25) is 0 Å². The molecule has 0 fully saturated rings. The van der Waals surface area contributed by atoms with Crippen LogP contribution in [0.5, 0.6) is 0 Å². The summed E-state index contributed by atoms with van der Waals surface area (Å²) in [4.78, 5) is 0. The van der Waals surface area contributed by atoms with E-state index in [2.05, 4.69) is 161 Å². The molecule has 0 atom stereocenters. The second-order valence-electron chi connectivity index (χ2n) is 9.12. The Hall–Kier alpha value is -3.71. The first-order valence-corrected chi connectivity index (χ1v) is 16.7. The Morgan fingerprint density at radius 3 is 1.27 bits per heavy atom. The fourth-order valence-corrected chi connectivity index (χ4v) is 12.9.